The highest BCUT2D eigenvalue weighted by atomic mass is 15.3. The van der Waals surface area contributed by atoms with Gasteiger partial charge in [0.05, 0.1) is 18.6 Å². The molecule has 0 saturated heterocycles. The number of rotatable bonds is 9. The van der Waals surface area contributed by atoms with E-state index in [1.807, 2.05) is 0 Å². The molecule has 0 aromatic carbocycles. The average Bonchev–Trinajstić information content (AvgIpc) is 3.23. The molecule has 1 aliphatic carbocycles. The van der Waals surface area contributed by atoms with Crippen LogP contribution in [0.2, 0.25) is 0 Å². The van der Waals surface area contributed by atoms with Crippen molar-refractivity contribution in [3.8, 4) is 0 Å². The third kappa shape index (κ3) is 5.32. The van der Waals surface area contributed by atoms with Crippen LogP contribution in [0.5, 0.6) is 0 Å². The van der Waals surface area contributed by atoms with Crippen LogP contribution in [-0.2, 0) is 0 Å². The van der Waals surface area contributed by atoms with Gasteiger partial charge in [-0.05, 0) is 49.9 Å². The first-order valence-corrected chi connectivity index (χ1v) is 11.6. The second-order valence-corrected chi connectivity index (χ2v) is 9.51. The standard InChI is InChI=1S/C22H42N6/c1-4-17(3)20-15-27(22(24)26-20)12-6-5-7-19-13-25-21(23)28(19)14-18-10-8-16(2)9-11-18/h16-20H,4-15H2,1-3H3,(H2,23,25)(H2,24,26)/t16?,17?,18?,19-,20?/m0/s1. The molecule has 6 heteroatoms. The highest BCUT2D eigenvalue weighted by Crippen LogP contribution is 2.30. The predicted molar refractivity (Wildman–Crippen MR) is 118 cm³/mol. The van der Waals surface area contributed by atoms with Crippen LogP contribution in [0.4, 0.5) is 0 Å². The van der Waals surface area contributed by atoms with Crippen LogP contribution in [-0.4, -0.2) is 60.0 Å². The Bertz CT molecular complexity index is 551. The Balaban J connectivity index is 1.38. The summed E-state index contributed by atoms with van der Waals surface area (Å²) in [5.41, 5.74) is 12.4. The fourth-order valence-corrected chi connectivity index (χ4v) is 4.93. The van der Waals surface area contributed by atoms with Crippen molar-refractivity contribution in [2.24, 2.45) is 39.2 Å². The van der Waals surface area contributed by atoms with Gasteiger partial charge in [-0.15, -0.1) is 0 Å². The molecule has 0 bridgehead atoms. The Kier molecular flexibility index (Phi) is 7.47. The maximum absolute atomic E-state index is 6.23. The monoisotopic (exact) mass is 390 g/mol. The number of aliphatic imine (C=N–C) groups is 2. The van der Waals surface area contributed by atoms with E-state index in [0.29, 0.717) is 18.0 Å². The third-order valence-electron chi connectivity index (χ3n) is 7.34. The summed E-state index contributed by atoms with van der Waals surface area (Å²) in [5, 5.41) is 0. The van der Waals surface area contributed by atoms with Crippen LogP contribution in [0.15, 0.2) is 9.98 Å². The molecule has 0 radical (unpaired) electrons. The number of hydrogen-bond acceptors (Lipinski definition) is 6. The van der Waals surface area contributed by atoms with E-state index in [1.54, 1.807) is 0 Å². The molecular weight excluding hydrogens is 348 g/mol. The molecular formula is C22H42N6. The van der Waals surface area contributed by atoms with Gasteiger partial charge in [-0.25, -0.2) is 4.99 Å². The van der Waals surface area contributed by atoms with E-state index in [0.717, 1.165) is 62.8 Å². The molecule has 160 valence electrons. The Morgan fingerprint density at radius 2 is 1.86 bits per heavy atom. The van der Waals surface area contributed by atoms with Crippen LogP contribution in [0.1, 0.15) is 72.1 Å². The number of nitrogens with zero attached hydrogens (tertiary/aromatic N) is 4. The molecule has 3 rings (SSSR count). The number of hydrogen-bond donors (Lipinski definition) is 2. The molecule has 4 N–H and O–H groups in total. The lowest BCUT2D eigenvalue weighted by Gasteiger charge is -2.33. The molecule has 0 spiro atoms. The van der Waals surface area contributed by atoms with Crippen LogP contribution < -0.4 is 11.5 Å². The van der Waals surface area contributed by atoms with Gasteiger partial charge in [0, 0.05) is 19.6 Å². The van der Waals surface area contributed by atoms with Crippen molar-refractivity contribution in [2.45, 2.75) is 84.2 Å². The first-order valence-electron chi connectivity index (χ1n) is 11.6. The molecule has 1 saturated carbocycles. The molecule has 3 aliphatic rings. The van der Waals surface area contributed by atoms with Crippen LogP contribution >= 0.6 is 0 Å². The van der Waals surface area contributed by atoms with Gasteiger partial charge in [-0.1, -0.05) is 40.0 Å². The molecule has 1 fully saturated rings. The summed E-state index contributed by atoms with van der Waals surface area (Å²) in [6.07, 6.45) is 10.1. The normalized spacial score (nSPS) is 31.8. The zero-order chi connectivity index (χ0) is 20.1. The maximum Gasteiger partial charge on any atom is 0.191 e. The Morgan fingerprint density at radius 1 is 1.11 bits per heavy atom. The molecule has 2 aliphatic heterocycles. The first kappa shape index (κ1) is 21.3. The summed E-state index contributed by atoms with van der Waals surface area (Å²) in [5.74, 6) is 3.82. The topological polar surface area (TPSA) is 83.2 Å². The summed E-state index contributed by atoms with van der Waals surface area (Å²) in [4.78, 5) is 13.9. The zero-order valence-electron chi connectivity index (χ0n) is 18.3. The zero-order valence-corrected chi connectivity index (χ0v) is 18.3. The Hall–Kier alpha value is -1.46. The molecule has 3 atom stereocenters. The van der Waals surface area contributed by atoms with Gasteiger partial charge < -0.3 is 21.3 Å². The average molecular weight is 391 g/mol. The van der Waals surface area contributed by atoms with Crippen molar-refractivity contribution < 1.29 is 0 Å². The van der Waals surface area contributed by atoms with Crippen molar-refractivity contribution in [1.29, 1.82) is 0 Å². The smallest absolute Gasteiger partial charge is 0.191 e. The lowest BCUT2D eigenvalue weighted by Crippen LogP contribution is -2.44. The van der Waals surface area contributed by atoms with E-state index in [9.17, 15) is 0 Å². The minimum atomic E-state index is 0.377. The predicted octanol–water partition coefficient (Wildman–Crippen LogP) is 3.03. The van der Waals surface area contributed by atoms with E-state index in [1.165, 1.54) is 38.5 Å². The second-order valence-electron chi connectivity index (χ2n) is 9.51. The molecule has 28 heavy (non-hydrogen) atoms. The van der Waals surface area contributed by atoms with E-state index >= 15 is 0 Å². The molecule has 0 aromatic heterocycles. The first-order chi connectivity index (χ1) is 13.5. The SMILES string of the molecule is CCC(C)C1CN(CCCC[C@H]2CN=C(N)N2CC2CCC(C)CC2)C(N)=N1. The molecule has 2 unspecified atom stereocenters. The third-order valence-corrected chi connectivity index (χ3v) is 7.34. The van der Waals surface area contributed by atoms with Gasteiger partial charge in [-0.2, -0.15) is 0 Å². The number of guanidine groups is 2. The van der Waals surface area contributed by atoms with Crippen molar-refractivity contribution >= 4 is 11.9 Å². The highest BCUT2D eigenvalue weighted by Gasteiger charge is 2.30. The number of unbranched alkanes of at least 4 members (excludes halogenated alkanes) is 1. The summed E-state index contributed by atoms with van der Waals surface area (Å²) >= 11 is 0. The molecule has 2 heterocycles. The lowest BCUT2D eigenvalue weighted by atomic mass is 9.82. The van der Waals surface area contributed by atoms with E-state index in [4.69, 9.17) is 11.5 Å². The van der Waals surface area contributed by atoms with Crippen molar-refractivity contribution in [2.75, 3.05) is 26.2 Å². The fourth-order valence-electron chi connectivity index (χ4n) is 4.93. The van der Waals surface area contributed by atoms with E-state index in [-0.39, 0.29) is 0 Å². The van der Waals surface area contributed by atoms with Gasteiger partial charge in [0.2, 0.25) is 0 Å². The Labute approximate surface area is 171 Å². The summed E-state index contributed by atoms with van der Waals surface area (Å²) in [7, 11) is 0. The number of nitrogens with two attached hydrogens (primary N) is 2. The fraction of sp³-hybridized carbons (Fsp3) is 0.909. The van der Waals surface area contributed by atoms with Crippen LogP contribution in [0.25, 0.3) is 0 Å². The minimum Gasteiger partial charge on any atom is -0.370 e. The van der Waals surface area contributed by atoms with Crippen molar-refractivity contribution in [1.82, 2.24) is 9.80 Å². The van der Waals surface area contributed by atoms with E-state index < -0.39 is 0 Å². The highest BCUT2D eigenvalue weighted by molar-refractivity contribution is 5.80. The van der Waals surface area contributed by atoms with Crippen molar-refractivity contribution in [3.05, 3.63) is 0 Å². The largest absolute Gasteiger partial charge is 0.370 e. The van der Waals surface area contributed by atoms with Crippen LogP contribution in [0.3, 0.4) is 0 Å². The quantitative estimate of drug-likeness (QED) is 0.593. The van der Waals surface area contributed by atoms with Gasteiger partial charge in [0.1, 0.15) is 0 Å². The van der Waals surface area contributed by atoms with Gasteiger partial charge in [0.15, 0.2) is 11.9 Å². The Morgan fingerprint density at radius 3 is 2.57 bits per heavy atom. The summed E-state index contributed by atoms with van der Waals surface area (Å²) in [6.45, 7) is 10.9. The molecule has 6 nitrogen and oxygen atoms in total. The van der Waals surface area contributed by atoms with E-state index in [2.05, 4.69) is 40.6 Å². The summed E-state index contributed by atoms with van der Waals surface area (Å²) < 4.78 is 0. The second kappa shape index (κ2) is 9.84. The van der Waals surface area contributed by atoms with Gasteiger partial charge in [0.25, 0.3) is 0 Å². The minimum absolute atomic E-state index is 0.377. The lowest BCUT2D eigenvalue weighted by molar-refractivity contribution is 0.211. The van der Waals surface area contributed by atoms with Gasteiger partial charge >= 0.3 is 0 Å². The van der Waals surface area contributed by atoms with Crippen molar-refractivity contribution in [3.63, 3.8) is 0 Å². The maximum atomic E-state index is 6.23. The van der Waals surface area contributed by atoms with Crippen LogP contribution in [0, 0.1) is 17.8 Å². The summed E-state index contributed by atoms with van der Waals surface area (Å²) in [6, 6.07) is 0.874. The molecule has 0 aromatic rings. The molecule has 0 amide bonds. The van der Waals surface area contributed by atoms with Gasteiger partial charge in [-0.3, -0.25) is 4.99 Å².